The molecule has 36 heavy (non-hydrogen) atoms. The highest BCUT2D eigenvalue weighted by atomic mass is 32.2. The van der Waals surface area contributed by atoms with Crippen LogP contribution in [0.3, 0.4) is 0 Å². The molecular formula is C29H40N2O4S. The smallest absolute Gasteiger partial charge is 0.326 e. The van der Waals surface area contributed by atoms with Crippen LogP contribution in [0.5, 0.6) is 0 Å². The zero-order valence-electron chi connectivity index (χ0n) is 21.5. The van der Waals surface area contributed by atoms with Crippen molar-refractivity contribution in [1.82, 2.24) is 10.6 Å². The van der Waals surface area contributed by atoms with Crippen molar-refractivity contribution in [2.45, 2.75) is 70.5 Å². The fourth-order valence-corrected chi connectivity index (χ4v) is 5.51. The van der Waals surface area contributed by atoms with E-state index < -0.39 is 12.0 Å². The van der Waals surface area contributed by atoms with E-state index in [2.05, 4.69) is 10.6 Å². The summed E-state index contributed by atoms with van der Waals surface area (Å²) in [6.45, 7) is 2.70. The number of thioether (sulfide) groups is 1. The molecule has 2 unspecified atom stereocenters. The largest absolute Gasteiger partial charge is 0.480 e. The number of hydrogen-bond donors (Lipinski definition) is 4. The zero-order valence-corrected chi connectivity index (χ0v) is 22.3. The molecule has 1 aliphatic rings. The molecule has 0 spiro atoms. The zero-order chi connectivity index (χ0) is 25.9. The Morgan fingerprint density at radius 1 is 1.08 bits per heavy atom. The van der Waals surface area contributed by atoms with Crippen LogP contribution in [0.25, 0.3) is 11.1 Å². The molecule has 0 aromatic heterocycles. The second-order valence-corrected chi connectivity index (χ2v) is 10.8. The maximum atomic E-state index is 13.2. The first kappa shape index (κ1) is 28.2. The van der Waals surface area contributed by atoms with Gasteiger partial charge in [0.2, 0.25) is 0 Å². The van der Waals surface area contributed by atoms with Crippen LogP contribution < -0.4 is 10.6 Å². The molecule has 0 saturated heterocycles. The van der Waals surface area contributed by atoms with Gasteiger partial charge in [-0.2, -0.15) is 11.8 Å². The number of rotatable bonds is 13. The van der Waals surface area contributed by atoms with Gasteiger partial charge in [-0.25, -0.2) is 4.79 Å². The topological polar surface area (TPSA) is 98.7 Å². The number of carbonyl (C=O) groups excluding carboxylic acids is 1. The Bertz CT molecular complexity index is 1010. The number of hydrogen-bond acceptors (Lipinski definition) is 5. The van der Waals surface area contributed by atoms with Crippen LogP contribution in [0.2, 0.25) is 0 Å². The number of carboxylic acids is 1. The number of amides is 1. The minimum atomic E-state index is -1.02. The third kappa shape index (κ3) is 8.08. The lowest BCUT2D eigenvalue weighted by Gasteiger charge is -2.26. The Morgan fingerprint density at radius 2 is 1.83 bits per heavy atom. The SMILES string of the molecule is CSCCC(NC(=O)c1ccc(CNC(CO)CC2CCCCC2)cc1-c1ccccc1C)C(=O)O. The lowest BCUT2D eigenvalue weighted by molar-refractivity contribution is -0.139. The van der Waals surface area contributed by atoms with Crippen molar-refractivity contribution >= 4 is 23.6 Å². The molecule has 196 valence electrons. The van der Waals surface area contributed by atoms with Crippen molar-refractivity contribution in [2.24, 2.45) is 5.92 Å². The van der Waals surface area contributed by atoms with E-state index in [0.29, 0.717) is 30.2 Å². The minimum Gasteiger partial charge on any atom is -0.480 e. The van der Waals surface area contributed by atoms with E-state index in [1.165, 1.54) is 32.1 Å². The molecule has 0 heterocycles. The van der Waals surface area contributed by atoms with E-state index in [0.717, 1.165) is 28.7 Å². The van der Waals surface area contributed by atoms with Crippen LogP contribution in [0, 0.1) is 12.8 Å². The molecule has 1 saturated carbocycles. The molecule has 0 aliphatic heterocycles. The van der Waals surface area contributed by atoms with Gasteiger partial charge in [0, 0.05) is 18.2 Å². The van der Waals surface area contributed by atoms with Crippen molar-refractivity contribution in [3.63, 3.8) is 0 Å². The van der Waals surface area contributed by atoms with Gasteiger partial charge in [-0.05, 0) is 72.1 Å². The molecule has 1 aliphatic carbocycles. The third-order valence-corrected chi connectivity index (χ3v) is 7.78. The van der Waals surface area contributed by atoms with Gasteiger partial charge >= 0.3 is 5.97 Å². The standard InChI is InChI=1S/C29H40N2O4S/c1-20-8-6-7-11-24(20)26-17-22(18-30-23(19-32)16-21-9-4-3-5-10-21)12-13-25(26)28(33)31-27(29(34)35)14-15-36-2/h6-8,11-13,17,21,23,27,30,32H,3-5,9-10,14-16,18-19H2,1-2H3,(H,31,33)(H,34,35). The van der Waals surface area contributed by atoms with Crippen LogP contribution in [-0.4, -0.2) is 52.8 Å². The van der Waals surface area contributed by atoms with Crippen molar-refractivity contribution in [1.29, 1.82) is 0 Å². The number of carbonyl (C=O) groups is 2. The molecule has 0 radical (unpaired) electrons. The van der Waals surface area contributed by atoms with Gasteiger partial charge in [0.25, 0.3) is 5.91 Å². The van der Waals surface area contributed by atoms with Gasteiger partial charge in [-0.1, -0.05) is 62.4 Å². The van der Waals surface area contributed by atoms with Gasteiger partial charge in [0.15, 0.2) is 0 Å². The molecule has 4 N–H and O–H groups in total. The predicted molar refractivity (Wildman–Crippen MR) is 147 cm³/mol. The maximum Gasteiger partial charge on any atom is 0.326 e. The van der Waals surface area contributed by atoms with Gasteiger partial charge < -0.3 is 20.8 Å². The summed E-state index contributed by atoms with van der Waals surface area (Å²) in [6, 6.07) is 12.7. The van der Waals surface area contributed by atoms with Crippen LogP contribution in [0.4, 0.5) is 0 Å². The molecule has 2 aromatic carbocycles. The van der Waals surface area contributed by atoms with Crippen molar-refractivity contribution in [2.75, 3.05) is 18.6 Å². The van der Waals surface area contributed by atoms with E-state index in [1.807, 2.05) is 49.6 Å². The highest BCUT2D eigenvalue weighted by Crippen LogP contribution is 2.29. The van der Waals surface area contributed by atoms with Crippen LogP contribution in [0.1, 0.15) is 66.4 Å². The molecule has 2 atom stereocenters. The minimum absolute atomic E-state index is 0.0470. The van der Waals surface area contributed by atoms with Crippen molar-refractivity contribution in [3.05, 3.63) is 59.2 Å². The number of carboxylic acid groups (broad SMARTS) is 1. The first-order valence-electron chi connectivity index (χ1n) is 13.0. The van der Waals surface area contributed by atoms with Crippen LogP contribution in [0.15, 0.2) is 42.5 Å². The molecule has 1 amide bonds. The molecule has 6 nitrogen and oxygen atoms in total. The van der Waals surface area contributed by atoms with Gasteiger partial charge in [0.1, 0.15) is 6.04 Å². The number of aliphatic hydroxyl groups is 1. The highest BCUT2D eigenvalue weighted by molar-refractivity contribution is 7.98. The summed E-state index contributed by atoms with van der Waals surface area (Å²) in [6.07, 6.45) is 9.64. The lowest BCUT2D eigenvalue weighted by Crippen LogP contribution is -2.41. The molecule has 0 bridgehead atoms. The summed E-state index contributed by atoms with van der Waals surface area (Å²) in [7, 11) is 0. The van der Waals surface area contributed by atoms with E-state index >= 15 is 0 Å². The van der Waals surface area contributed by atoms with Crippen LogP contribution >= 0.6 is 11.8 Å². The second kappa shape index (κ2) is 14.4. The van der Waals surface area contributed by atoms with Gasteiger partial charge in [-0.3, -0.25) is 4.79 Å². The average molecular weight is 513 g/mol. The van der Waals surface area contributed by atoms with E-state index in [-0.39, 0.29) is 18.6 Å². The number of aryl methyl sites for hydroxylation is 1. The Hall–Kier alpha value is -2.35. The second-order valence-electron chi connectivity index (χ2n) is 9.84. The number of benzene rings is 2. The molecule has 1 fully saturated rings. The molecule has 7 heteroatoms. The van der Waals surface area contributed by atoms with E-state index in [1.54, 1.807) is 17.8 Å². The summed E-state index contributed by atoms with van der Waals surface area (Å²) in [5, 5.41) is 25.8. The molecule has 3 rings (SSSR count). The Balaban J connectivity index is 1.81. The van der Waals surface area contributed by atoms with Gasteiger partial charge in [-0.15, -0.1) is 0 Å². The van der Waals surface area contributed by atoms with Crippen molar-refractivity contribution in [3.8, 4) is 11.1 Å². The predicted octanol–water partition coefficient (Wildman–Crippen LogP) is 5.02. The molecular weight excluding hydrogens is 472 g/mol. The van der Waals surface area contributed by atoms with Gasteiger partial charge in [0.05, 0.1) is 6.61 Å². The summed E-state index contributed by atoms with van der Waals surface area (Å²) < 4.78 is 0. The third-order valence-electron chi connectivity index (χ3n) is 7.14. The Morgan fingerprint density at radius 3 is 2.50 bits per heavy atom. The first-order chi connectivity index (χ1) is 17.4. The Kier molecular flexibility index (Phi) is 11.3. The summed E-state index contributed by atoms with van der Waals surface area (Å²) in [4.78, 5) is 24.9. The summed E-state index contributed by atoms with van der Waals surface area (Å²) in [5.74, 6) is -0.0832. The van der Waals surface area contributed by atoms with E-state index in [4.69, 9.17) is 0 Å². The van der Waals surface area contributed by atoms with Crippen LogP contribution in [-0.2, 0) is 11.3 Å². The fraction of sp³-hybridized carbons (Fsp3) is 0.517. The Labute approximate surface area is 219 Å². The fourth-order valence-electron chi connectivity index (χ4n) is 5.04. The summed E-state index contributed by atoms with van der Waals surface area (Å²) in [5.41, 5.74) is 4.25. The van der Waals surface area contributed by atoms with Crippen molar-refractivity contribution < 1.29 is 19.8 Å². The lowest BCUT2D eigenvalue weighted by atomic mass is 9.85. The first-order valence-corrected chi connectivity index (χ1v) is 14.4. The quantitative estimate of drug-likeness (QED) is 0.301. The number of nitrogens with one attached hydrogen (secondary N) is 2. The monoisotopic (exact) mass is 512 g/mol. The highest BCUT2D eigenvalue weighted by Gasteiger charge is 2.23. The summed E-state index contributed by atoms with van der Waals surface area (Å²) >= 11 is 1.56. The number of aliphatic hydroxyl groups excluding tert-OH is 1. The molecule has 2 aromatic rings. The number of aliphatic carboxylic acids is 1. The maximum absolute atomic E-state index is 13.2. The van der Waals surface area contributed by atoms with E-state index in [9.17, 15) is 19.8 Å². The normalized spacial score (nSPS) is 15.9. The average Bonchev–Trinajstić information content (AvgIpc) is 2.89.